The van der Waals surface area contributed by atoms with Gasteiger partial charge >= 0.3 is 6.18 Å². The molecule has 3 aromatic carbocycles. The van der Waals surface area contributed by atoms with E-state index in [2.05, 4.69) is 10.3 Å². The first-order valence-corrected chi connectivity index (χ1v) is 10.8. The van der Waals surface area contributed by atoms with E-state index in [1.165, 1.54) is 36.7 Å². The predicted octanol–water partition coefficient (Wildman–Crippen LogP) is 6.53. The number of imidazole rings is 1. The lowest BCUT2D eigenvalue weighted by Crippen LogP contribution is -2.14. The molecule has 1 heterocycles. The van der Waals surface area contributed by atoms with Crippen LogP contribution >= 0.6 is 0 Å². The van der Waals surface area contributed by atoms with Gasteiger partial charge in [-0.3, -0.25) is 9.36 Å². The summed E-state index contributed by atoms with van der Waals surface area (Å²) in [4.78, 5) is 15.9. The molecule has 0 spiro atoms. The van der Waals surface area contributed by atoms with E-state index in [-0.39, 0.29) is 22.7 Å². The number of nitrogens with one attached hydrogen (secondary N) is 1. The Labute approximate surface area is 202 Å². The smallest absolute Gasteiger partial charge is 0.390 e. The number of primary amides is 1. The number of aromatic nitrogens is 2. The summed E-state index contributed by atoms with van der Waals surface area (Å²) in [5, 5.41) is 2.74. The third-order valence-corrected chi connectivity index (χ3v) is 5.45. The molecule has 4 aromatic rings. The van der Waals surface area contributed by atoms with Crippen molar-refractivity contribution in [2.24, 2.45) is 5.73 Å². The van der Waals surface area contributed by atoms with Crippen molar-refractivity contribution < 1.29 is 31.5 Å². The van der Waals surface area contributed by atoms with E-state index < -0.39 is 31.5 Å². The van der Waals surface area contributed by atoms with E-state index in [0.29, 0.717) is 27.8 Å². The third kappa shape index (κ3) is 5.56. The number of carbonyl (C=O) groups excluding carboxylic acids is 1. The minimum absolute atomic E-state index is 0.140. The molecule has 3 N–H and O–H groups in total. The third-order valence-electron chi connectivity index (χ3n) is 5.45. The van der Waals surface area contributed by atoms with Gasteiger partial charge in [0, 0.05) is 35.5 Å². The van der Waals surface area contributed by atoms with Gasteiger partial charge in [0.2, 0.25) is 5.91 Å². The van der Waals surface area contributed by atoms with Gasteiger partial charge in [0.1, 0.15) is 23.3 Å². The van der Waals surface area contributed by atoms with Crippen LogP contribution in [0.1, 0.15) is 34.3 Å². The molecule has 36 heavy (non-hydrogen) atoms. The Bertz CT molecular complexity index is 1420. The van der Waals surface area contributed by atoms with E-state index in [0.717, 1.165) is 0 Å². The van der Waals surface area contributed by atoms with Gasteiger partial charge in [0.15, 0.2) is 0 Å². The minimum atomic E-state index is -4.35. The van der Waals surface area contributed by atoms with Crippen LogP contribution in [0, 0.1) is 6.92 Å². The average molecular weight is 504 g/mol. The molecule has 0 aliphatic heterocycles. The van der Waals surface area contributed by atoms with Crippen LogP contribution in [0.4, 0.5) is 27.6 Å². The van der Waals surface area contributed by atoms with E-state index in [4.69, 9.17) is 10.5 Å². The molecule has 0 aliphatic rings. The van der Waals surface area contributed by atoms with Crippen molar-refractivity contribution in [3.8, 4) is 17.2 Å². The Morgan fingerprint density at radius 2 is 1.89 bits per heavy atom. The number of fused-ring (bicyclic) bond motifs is 1. The summed E-state index contributed by atoms with van der Waals surface area (Å²) >= 11 is 0. The van der Waals surface area contributed by atoms with Gasteiger partial charge in [-0.25, -0.2) is 13.8 Å². The van der Waals surface area contributed by atoms with E-state index in [1.54, 1.807) is 35.8 Å². The second kappa shape index (κ2) is 9.84. The summed E-state index contributed by atoms with van der Waals surface area (Å²) in [5.41, 5.74) is 7.89. The number of rotatable bonds is 8. The SMILES string of the molecule is Cc1cc(-n2cnc3c(NCCC(F)(F)F)cc(Oc4cccc(C(F)F)c4)cc32)ccc1C(N)=O. The van der Waals surface area contributed by atoms with Gasteiger partial charge in [-0.1, -0.05) is 12.1 Å². The number of amides is 1. The molecule has 6 nitrogen and oxygen atoms in total. The van der Waals surface area contributed by atoms with Gasteiger partial charge in [0.25, 0.3) is 6.43 Å². The quantitative estimate of drug-likeness (QED) is 0.268. The van der Waals surface area contributed by atoms with Crippen LogP contribution in [-0.4, -0.2) is 28.2 Å². The monoisotopic (exact) mass is 504 g/mol. The molecule has 4 rings (SSSR count). The number of aryl methyl sites for hydroxylation is 1. The van der Waals surface area contributed by atoms with Crippen molar-refractivity contribution in [3.05, 3.63) is 77.6 Å². The number of halogens is 5. The number of nitrogens with zero attached hydrogens (tertiary/aromatic N) is 2. The van der Waals surface area contributed by atoms with Crippen molar-refractivity contribution in [2.75, 3.05) is 11.9 Å². The maximum atomic E-state index is 13.1. The maximum Gasteiger partial charge on any atom is 0.390 e. The minimum Gasteiger partial charge on any atom is -0.457 e. The first-order valence-electron chi connectivity index (χ1n) is 10.8. The highest BCUT2D eigenvalue weighted by Crippen LogP contribution is 2.34. The van der Waals surface area contributed by atoms with Gasteiger partial charge < -0.3 is 15.8 Å². The van der Waals surface area contributed by atoms with E-state index >= 15 is 0 Å². The van der Waals surface area contributed by atoms with E-state index in [9.17, 15) is 26.7 Å². The molecule has 0 unspecified atom stereocenters. The molecule has 0 saturated heterocycles. The molecular weight excluding hydrogens is 483 g/mol. The Balaban J connectivity index is 1.77. The molecule has 1 amide bonds. The maximum absolute atomic E-state index is 13.1. The zero-order chi connectivity index (χ0) is 26.0. The van der Waals surface area contributed by atoms with Crippen molar-refractivity contribution in [3.63, 3.8) is 0 Å². The molecule has 0 bridgehead atoms. The fourth-order valence-electron chi connectivity index (χ4n) is 3.75. The van der Waals surface area contributed by atoms with Crippen LogP contribution in [0.2, 0.25) is 0 Å². The number of hydrogen-bond acceptors (Lipinski definition) is 4. The lowest BCUT2D eigenvalue weighted by Gasteiger charge is -2.14. The highest BCUT2D eigenvalue weighted by atomic mass is 19.4. The number of alkyl halides is 5. The fraction of sp³-hybridized carbons (Fsp3) is 0.200. The highest BCUT2D eigenvalue weighted by molar-refractivity contribution is 5.95. The topological polar surface area (TPSA) is 82.2 Å². The van der Waals surface area contributed by atoms with Crippen molar-refractivity contribution in [1.29, 1.82) is 0 Å². The summed E-state index contributed by atoms with van der Waals surface area (Å²) in [5.74, 6) is -0.232. The summed E-state index contributed by atoms with van der Waals surface area (Å²) in [7, 11) is 0. The van der Waals surface area contributed by atoms with E-state index in [1.807, 2.05) is 0 Å². The Kier molecular flexibility index (Phi) is 6.82. The number of anilines is 1. The average Bonchev–Trinajstić information content (AvgIpc) is 3.22. The molecule has 0 radical (unpaired) electrons. The number of hydrogen-bond donors (Lipinski definition) is 2. The van der Waals surface area contributed by atoms with Crippen LogP contribution < -0.4 is 15.8 Å². The predicted molar refractivity (Wildman–Crippen MR) is 125 cm³/mol. The van der Waals surface area contributed by atoms with Crippen molar-refractivity contribution >= 4 is 22.6 Å². The Hall–Kier alpha value is -4.15. The first kappa shape index (κ1) is 25.0. The summed E-state index contributed by atoms with van der Waals surface area (Å²) < 4.78 is 71.8. The van der Waals surface area contributed by atoms with Crippen LogP contribution in [0.5, 0.6) is 11.5 Å². The largest absolute Gasteiger partial charge is 0.457 e. The van der Waals surface area contributed by atoms with Crippen molar-refractivity contribution in [2.45, 2.75) is 25.9 Å². The lowest BCUT2D eigenvalue weighted by molar-refractivity contribution is -0.131. The number of carbonyl (C=O) groups is 1. The van der Waals surface area contributed by atoms with Gasteiger partial charge in [-0.15, -0.1) is 0 Å². The second-order valence-electron chi connectivity index (χ2n) is 8.08. The van der Waals surface area contributed by atoms with Gasteiger partial charge in [-0.2, -0.15) is 13.2 Å². The number of benzene rings is 3. The molecule has 0 saturated carbocycles. The van der Waals surface area contributed by atoms with Crippen LogP contribution in [0.15, 0.2) is 60.9 Å². The van der Waals surface area contributed by atoms with Crippen LogP contribution in [-0.2, 0) is 0 Å². The first-order chi connectivity index (χ1) is 17.0. The van der Waals surface area contributed by atoms with Crippen LogP contribution in [0.25, 0.3) is 16.7 Å². The molecule has 1 aromatic heterocycles. The Morgan fingerprint density at radius 1 is 1.11 bits per heavy atom. The van der Waals surface area contributed by atoms with Crippen molar-refractivity contribution in [1.82, 2.24) is 9.55 Å². The molecular formula is C25H21F5N4O2. The summed E-state index contributed by atoms with van der Waals surface area (Å²) in [6.45, 7) is 1.32. The standard InChI is InChI=1S/C25H21F5N4O2/c1-14-9-16(5-6-19(14)24(31)35)34-13-33-22-20(32-8-7-25(28,29)30)11-18(12-21(22)34)36-17-4-2-3-15(10-17)23(26)27/h2-6,9-13,23,32H,7-8H2,1H3,(H2,31,35). The van der Waals surface area contributed by atoms with Gasteiger partial charge in [-0.05, 0) is 42.8 Å². The molecule has 0 fully saturated rings. The molecule has 11 heteroatoms. The second-order valence-corrected chi connectivity index (χ2v) is 8.08. The zero-order valence-corrected chi connectivity index (χ0v) is 18.9. The normalized spacial score (nSPS) is 11.8. The van der Waals surface area contributed by atoms with Gasteiger partial charge in [0.05, 0.1) is 17.6 Å². The molecule has 188 valence electrons. The zero-order valence-electron chi connectivity index (χ0n) is 18.9. The summed E-state index contributed by atoms with van der Waals surface area (Å²) in [6.07, 6.45) is -6.62. The number of ether oxygens (including phenoxy) is 1. The lowest BCUT2D eigenvalue weighted by atomic mass is 10.1. The van der Waals surface area contributed by atoms with Crippen LogP contribution in [0.3, 0.4) is 0 Å². The summed E-state index contributed by atoms with van der Waals surface area (Å²) in [6, 6.07) is 13.4. The Morgan fingerprint density at radius 3 is 2.56 bits per heavy atom. The fourth-order valence-corrected chi connectivity index (χ4v) is 3.75. The number of nitrogens with two attached hydrogens (primary N) is 1. The molecule has 0 atom stereocenters. The molecule has 0 aliphatic carbocycles. The highest BCUT2D eigenvalue weighted by Gasteiger charge is 2.26.